The molecular formula is C11H16BrN3OS. The summed E-state index contributed by atoms with van der Waals surface area (Å²) in [6.07, 6.45) is 4.95. The maximum atomic E-state index is 11.8. The van der Waals surface area contributed by atoms with Crippen LogP contribution in [-0.2, 0) is 11.4 Å². The topological polar surface area (TPSA) is 61.2 Å². The molecule has 4 nitrogen and oxygen atoms in total. The van der Waals surface area contributed by atoms with E-state index in [9.17, 15) is 4.55 Å². The molecule has 0 N–H and O–H groups in total. The summed E-state index contributed by atoms with van der Waals surface area (Å²) in [7, 11) is 0. The van der Waals surface area contributed by atoms with Gasteiger partial charge in [-0.3, -0.25) is 4.98 Å². The third-order valence-electron chi connectivity index (χ3n) is 1.99. The van der Waals surface area contributed by atoms with E-state index in [0.717, 1.165) is 18.6 Å². The second-order valence-electron chi connectivity index (χ2n) is 3.84. The van der Waals surface area contributed by atoms with Gasteiger partial charge in [-0.1, -0.05) is 17.7 Å². The van der Waals surface area contributed by atoms with E-state index in [1.165, 1.54) is 0 Å². The summed E-state index contributed by atoms with van der Waals surface area (Å²) in [5.74, 6) is 0. The second-order valence-corrected chi connectivity index (χ2v) is 6.33. The molecule has 1 atom stereocenters. The molecule has 0 aliphatic rings. The van der Waals surface area contributed by atoms with Crippen LogP contribution in [-0.4, -0.2) is 25.5 Å². The van der Waals surface area contributed by atoms with Gasteiger partial charge in [0.25, 0.3) is 0 Å². The van der Waals surface area contributed by atoms with Gasteiger partial charge in [0.05, 0.1) is 23.8 Å². The molecule has 0 amide bonds. The summed E-state index contributed by atoms with van der Waals surface area (Å²) >= 11 is 2.07. The fraction of sp³-hybridized carbons (Fsp3) is 0.545. The molecular weight excluding hydrogens is 302 g/mol. The van der Waals surface area contributed by atoms with Crippen LogP contribution in [0.25, 0.3) is 0 Å². The largest absolute Gasteiger partial charge is 0.591 e. The Balaban J connectivity index is 3.00. The van der Waals surface area contributed by atoms with E-state index in [4.69, 9.17) is 0 Å². The maximum absolute atomic E-state index is 11.8. The first-order valence-corrected chi connectivity index (χ1v) is 7.47. The monoisotopic (exact) mass is 317 g/mol. The van der Waals surface area contributed by atoms with Gasteiger partial charge >= 0.3 is 0 Å². The van der Waals surface area contributed by atoms with E-state index >= 15 is 0 Å². The number of nitrogens with zero attached hydrogens (tertiary/aromatic N) is 3. The first-order valence-electron chi connectivity index (χ1n) is 5.50. The minimum Gasteiger partial charge on any atom is -0.591 e. The molecule has 1 aromatic rings. The molecule has 0 fully saturated rings. The van der Waals surface area contributed by atoms with Gasteiger partial charge in [0, 0.05) is 0 Å². The molecule has 0 aliphatic carbocycles. The van der Waals surface area contributed by atoms with Crippen molar-refractivity contribution in [2.24, 2.45) is 4.40 Å². The Morgan fingerprint density at radius 2 is 2.24 bits per heavy atom. The molecule has 0 aromatic carbocycles. The molecule has 1 aromatic heterocycles. The zero-order chi connectivity index (χ0) is 12.8. The lowest BCUT2D eigenvalue weighted by Crippen LogP contribution is -2.15. The van der Waals surface area contributed by atoms with Gasteiger partial charge in [0.15, 0.2) is 0 Å². The first-order chi connectivity index (χ1) is 8.04. The number of rotatable bonds is 5. The van der Waals surface area contributed by atoms with Crippen LogP contribution in [0.2, 0.25) is 0 Å². The Morgan fingerprint density at radius 3 is 2.76 bits per heavy atom. The van der Waals surface area contributed by atoms with Gasteiger partial charge < -0.3 is 4.55 Å². The van der Waals surface area contributed by atoms with Crippen molar-refractivity contribution in [1.82, 2.24) is 9.97 Å². The summed E-state index contributed by atoms with van der Waals surface area (Å²) in [6.45, 7) is 5.82. The van der Waals surface area contributed by atoms with Crippen LogP contribution < -0.4 is 0 Å². The molecule has 1 heterocycles. The van der Waals surface area contributed by atoms with Gasteiger partial charge in [-0.25, -0.2) is 4.98 Å². The van der Waals surface area contributed by atoms with Crippen molar-refractivity contribution in [3.63, 3.8) is 0 Å². The van der Waals surface area contributed by atoms with Crippen LogP contribution in [0.1, 0.15) is 39.3 Å². The van der Waals surface area contributed by atoms with E-state index in [-0.39, 0.29) is 5.25 Å². The number of hydrogen-bond acceptors (Lipinski definition) is 4. The highest BCUT2D eigenvalue weighted by Crippen LogP contribution is 2.12. The van der Waals surface area contributed by atoms with Crippen molar-refractivity contribution in [1.29, 1.82) is 0 Å². The quantitative estimate of drug-likeness (QED) is 0.619. The predicted molar refractivity (Wildman–Crippen MR) is 74.5 cm³/mol. The fourth-order valence-electron chi connectivity index (χ4n) is 1.15. The van der Waals surface area contributed by atoms with E-state index in [1.807, 2.05) is 13.8 Å². The molecule has 94 valence electrons. The molecule has 0 saturated heterocycles. The molecule has 0 saturated carbocycles. The lowest BCUT2D eigenvalue weighted by molar-refractivity contribution is 0.588. The maximum Gasteiger partial charge on any atom is 0.137 e. The lowest BCUT2D eigenvalue weighted by atomic mass is 10.2. The van der Waals surface area contributed by atoms with Crippen LogP contribution in [0.5, 0.6) is 0 Å². The van der Waals surface area contributed by atoms with Crippen molar-refractivity contribution in [2.45, 2.75) is 38.9 Å². The zero-order valence-electron chi connectivity index (χ0n) is 10.2. The van der Waals surface area contributed by atoms with Gasteiger partial charge in [-0.05, 0) is 36.2 Å². The average Bonchev–Trinajstić information content (AvgIpc) is 2.28. The normalized spacial score (nSPS) is 14.1. The average molecular weight is 318 g/mol. The lowest BCUT2D eigenvalue weighted by Gasteiger charge is -2.09. The summed E-state index contributed by atoms with van der Waals surface area (Å²) in [6, 6.07) is 0. The number of halogens is 1. The Hall–Kier alpha value is -0.460. The standard InChI is InChI=1S/C11H16BrN3OS/c1-4-5-9(15-17(16)8(2)3)10-6-13-7-11(12)14-10/h6-8H,4-5H2,1-3H3. The summed E-state index contributed by atoms with van der Waals surface area (Å²) in [4.78, 5) is 8.34. The van der Waals surface area contributed by atoms with Gasteiger partial charge in [-0.15, -0.1) is 0 Å². The molecule has 0 aliphatic heterocycles. The highest BCUT2D eigenvalue weighted by atomic mass is 79.9. The molecule has 1 rings (SSSR count). The third-order valence-corrected chi connectivity index (χ3v) is 3.58. The van der Waals surface area contributed by atoms with Gasteiger partial charge in [-0.2, -0.15) is 0 Å². The Morgan fingerprint density at radius 1 is 1.53 bits per heavy atom. The van der Waals surface area contributed by atoms with Crippen molar-refractivity contribution in [3.05, 3.63) is 22.7 Å². The number of hydrogen-bond donors (Lipinski definition) is 0. The Bertz CT molecular complexity index is 398. The third kappa shape index (κ3) is 4.73. The molecule has 6 heteroatoms. The minimum atomic E-state index is -1.21. The van der Waals surface area contributed by atoms with E-state index < -0.39 is 11.4 Å². The molecule has 0 radical (unpaired) electrons. The van der Waals surface area contributed by atoms with E-state index in [0.29, 0.717) is 10.3 Å². The summed E-state index contributed by atoms with van der Waals surface area (Å²) in [5.41, 5.74) is 1.45. The van der Waals surface area contributed by atoms with Crippen molar-refractivity contribution in [2.75, 3.05) is 0 Å². The highest BCUT2D eigenvalue weighted by molar-refractivity contribution is 9.10. The smallest absolute Gasteiger partial charge is 0.137 e. The fourth-order valence-corrected chi connectivity index (χ4v) is 2.07. The molecule has 17 heavy (non-hydrogen) atoms. The number of aromatic nitrogens is 2. The van der Waals surface area contributed by atoms with Crippen LogP contribution in [0, 0.1) is 0 Å². The van der Waals surface area contributed by atoms with Crippen LogP contribution in [0.3, 0.4) is 0 Å². The molecule has 0 spiro atoms. The Labute approximate surface area is 113 Å². The van der Waals surface area contributed by atoms with Crippen LogP contribution >= 0.6 is 15.9 Å². The van der Waals surface area contributed by atoms with Crippen molar-refractivity contribution in [3.8, 4) is 0 Å². The van der Waals surface area contributed by atoms with E-state index in [1.54, 1.807) is 12.4 Å². The first kappa shape index (κ1) is 14.6. The molecule has 0 bridgehead atoms. The summed E-state index contributed by atoms with van der Waals surface area (Å²) < 4.78 is 16.7. The van der Waals surface area contributed by atoms with Gasteiger partial charge in [0.1, 0.15) is 21.3 Å². The van der Waals surface area contributed by atoms with Crippen molar-refractivity contribution >= 4 is 33.0 Å². The van der Waals surface area contributed by atoms with Crippen molar-refractivity contribution < 1.29 is 4.55 Å². The molecule has 1 unspecified atom stereocenters. The zero-order valence-corrected chi connectivity index (χ0v) is 12.6. The summed E-state index contributed by atoms with van der Waals surface area (Å²) in [5, 5.41) is 0.0157. The predicted octanol–water partition coefficient (Wildman–Crippen LogP) is 2.90. The van der Waals surface area contributed by atoms with Gasteiger partial charge in [0.2, 0.25) is 0 Å². The minimum absolute atomic E-state index is 0.0157. The van der Waals surface area contributed by atoms with Crippen LogP contribution in [0.15, 0.2) is 21.4 Å². The second kappa shape index (κ2) is 7.08. The van der Waals surface area contributed by atoms with Crippen LogP contribution in [0.4, 0.5) is 0 Å². The van der Waals surface area contributed by atoms with E-state index in [2.05, 4.69) is 37.2 Å². The highest BCUT2D eigenvalue weighted by Gasteiger charge is 2.15. The SMILES string of the molecule is CCCC(=N[S+]([O-])C(C)C)c1cncc(Br)n1. The Kier molecular flexibility index (Phi) is 6.08.